The van der Waals surface area contributed by atoms with Crippen LogP contribution in [0.25, 0.3) is 0 Å². The van der Waals surface area contributed by atoms with Gasteiger partial charge in [0.05, 0.1) is 12.0 Å². The molecular weight excluding hydrogens is 184 g/mol. The highest BCUT2D eigenvalue weighted by Crippen LogP contribution is 2.18. The number of rotatable bonds is 2. The Morgan fingerprint density at radius 2 is 2.13 bits per heavy atom. The molecule has 2 heteroatoms. The van der Waals surface area contributed by atoms with Gasteiger partial charge < -0.3 is 0 Å². The van der Waals surface area contributed by atoms with Crippen molar-refractivity contribution in [1.82, 2.24) is 4.90 Å². The van der Waals surface area contributed by atoms with Gasteiger partial charge in [-0.3, -0.25) is 4.90 Å². The molecule has 0 amide bonds. The van der Waals surface area contributed by atoms with Gasteiger partial charge in [-0.15, -0.1) is 0 Å². The Hall–Kier alpha value is -1.33. The lowest BCUT2D eigenvalue weighted by Crippen LogP contribution is -2.33. The lowest BCUT2D eigenvalue weighted by molar-refractivity contribution is 0.237. The van der Waals surface area contributed by atoms with E-state index in [4.69, 9.17) is 5.26 Å². The molecule has 1 unspecified atom stereocenters. The Morgan fingerprint density at radius 1 is 1.40 bits per heavy atom. The zero-order chi connectivity index (χ0) is 10.7. The second kappa shape index (κ2) is 4.46. The molecule has 0 aromatic heterocycles. The summed E-state index contributed by atoms with van der Waals surface area (Å²) in [6.07, 6.45) is 1.12. The van der Waals surface area contributed by atoms with Crippen molar-refractivity contribution in [2.45, 2.75) is 19.9 Å². The summed E-state index contributed by atoms with van der Waals surface area (Å²) in [7, 11) is 0. The van der Waals surface area contributed by atoms with Crippen molar-refractivity contribution in [3.05, 3.63) is 35.4 Å². The Morgan fingerprint density at radius 3 is 2.87 bits per heavy atom. The van der Waals surface area contributed by atoms with Gasteiger partial charge in [0.2, 0.25) is 0 Å². The molecule has 1 aliphatic rings. The molecule has 1 atom stereocenters. The summed E-state index contributed by atoms with van der Waals surface area (Å²) in [6, 6.07) is 10.9. The van der Waals surface area contributed by atoms with Crippen LogP contribution in [0.3, 0.4) is 0 Å². The van der Waals surface area contributed by atoms with Gasteiger partial charge in [0.1, 0.15) is 0 Å². The fraction of sp³-hybridized carbons (Fsp3) is 0.462. The molecule has 0 saturated carbocycles. The van der Waals surface area contributed by atoms with Crippen molar-refractivity contribution in [2.24, 2.45) is 5.92 Å². The highest BCUT2D eigenvalue weighted by molar-refractivity contribution is 5.29. The van der Waals surface area contributed by atoms with Crippen LogP contribution in [-0.4, -0.2) is 18.0 Å². The number of hydrogen-bond donors (Lipinski definition) is 0. The van der Waals surface area contributed by atoms with Crippen LogP contribution in [0.5, 0.6) is 0 Å². The van der Waals surface area contributed by atoms with Gasteiger partial charge in [-0.2, -0.15) is 5.26 Å². The molecule has 0 radical (unpaired) electrons. The van der Waals surface area contributed by atoms with E-state index in [0.717, 1.165) is 26.1 Å². The monoisotopic (exact) mass is 200 g/mol. The zero-order valence-electron chi connectivity index (χ0n) is 9.11. The van der Waals surface area contributed by atoms with Crippen molar-refractivity contribution >= 4 is 0 Å². The highest BCUT2D eigenvalue weighted by Gasteiger charge is 2.16. The molecule has 0 fully saturated rings. The molecule has 78 valence electrons. The third-order valence-corrected chi connectivity index (χ3v) is 2.96. The minimum atomic E-state index is 0.135. The molecule has 1 aliphatic heterocycles. The number of nitriles is 1. The minimum Gasteiger partial charge on any atom is -0.297 e. The summed E-state index contributed by atoms with van der Waals surface area (Å²) in [5, 5.41) is 8.78. The van der Waals surface area contributed by atoms with Gasteiger partial charge in [0.15, 0.2) is 0 Å². The first-order valence-corrected chi connectivity index (χ1v) is 5.48. The Balaban J connectivity index is 2.03. The molecule has 2 rings (SSSR count). The molecule has 0 N–H and O–H groups in total. The van der Waals surface area contributed by atoms with Crippen LogP contribution < -0.4 is 0 Å². The maximum absolute atomic E-state index is 8.78. The average molecular weight is 200 g/mol. The quantitative estimate of drug-likeness (QED) is 0.731. The van der Waals surface area contributed by atoms with E-state index in [1.54, 1.807) is 0 Å². The Labute approximate surface area is 91.1 Å². The van der Waals surface area contributed by atoms with Gasteiger partial charge >= 0.3 is 0 Å². The SMILES string of the molecule is CC(C#N)CN1CCc2ccccc2C1. The van der Waals surface area contributed by atoms with Gasteiger partial charge in [-0.25, -0.2) is 0 Å². The number of nitrogens with zero attached hydrogens (tertiary/aromatic N) is 2. The second-order valence-corrected chi connectivity index (χ2v) is 4.28. The van der Waals surface area contributed by atoms with E-state index in [1.807, 2.05) is 6.92 Å². The largest absolute Gasteiger partial charge is 0.297 e. The lowest BCUT2D eigenvalue weighted by atomic mass is 9.99. The summed E-state index contributed by atoms with van der Waals surface area (Å²) in [6.45, 7) is 4.97. The smallest absolute Gasteiger partial charge is 0.0666 e. The van der Waals surface area contributed by atoms with Crippen LogP contribution in [0.1, 0.15) is 18.1 Å². The fourth-order valence-corrected chi connectivity index (χ4v) is 2.14. The third kappa shape index (κ3) is 2.37. The lowest BCUT2D eigenvalue weighted by Gasteiger charge is -2.29. The molecule has 0 saturated heterocycles. The van der Waals surface area contributed by atoms with Gasteiger partial charge in [0.25, 0.3) is 0 Å². The van der Waals surface area contributed by atoms with Crippen molar-refractivity contribution in [3.63, 3.8) is 0 Å². The summed E-state index contributed by atoms with van der Waals surface area (Å²) >= 11 is 0. The Bertz CT molecular complexity index is 378. The Kier molecular flexibility index (Phi) is 3.03. The highest BCUT2D eigenvalue weighted by atomic mass is 15.1. The third-order valence-electron chi connectivity index (χ3n) is 2.96. The van der Waals surface area contributed by atoms with Crippen LogP contribution in [0, 0.1) is 17.2 Å². The van der Waals surface area contributed by atoms with Gasteiger partial charge in [0, 0.05) is 19.6 Å². The fourth-order valence-electron chi connectivity index (χ4n) is 2.14. The first kappa shape index (κ1) is 10.2. The van der Waals surface area contributed by atoms with E-state index in [1.165, 1.54) is 11.1 Å². The predicted molar refractivity (Wildman–Crippen MR) is 60.2 cm³/mol. The summed E-state index contributed by atoms with van der Waals surface area (Å²) < 4.78 is 0. The van der Waals surface area contributed by atoms with Crippen LogP contribution in [0.4, 0.5) is 0 Å². The molecule has 1 aromatic carbocycles. The zero-order valence-corrected chi connectivity index (χ0v) is 9.11. The maximum Gasteiger partial charge on any atom is 0.0666 e. The van der Waals surface area contributed by atoms with Crippen molar-refractivity contribution in [1.29, 1.82) is 5.26 Å². The maximum atomic E-state index is 8.78. The number of fused-ring (bicyclic) bond motifs is 1. The molecule has 15 heavy (non-hydrogen) atoms. The predicted octanol–water partition coefficient (Wildman–Crippen LogP) is 2.20. The molecule has 1 aromatic rings. The minimum absolute atomic E-state index is 0.135. The molecule has 0 aliphatic carbocycles. The van der Waals surface area contributed by atoms with Crippen LogP contribution in [-0.2, 0) is 13.0 Å². The standard InChI is InChI=1S/C13H16N2/c1-11(8-14)9-15-7-6-12-4-2-3-5-13(12)10-15/h2-5,11H,6-7,9-10H2,1H3. The first-order chi connectivity index (χ1) is 7.29. The summed E-state index contributed by atoms with van der Waals surface area (Å²) in [5.41, 5.74) is 2.90. The van der Waals surface area contributed by atoms with E-state index in [2.05, 4.69) is 35.2 Å². The number of benzene rings is 1. The summed E-state index contributed by atoms with van der Waals surface area (Å²) in [5.74, 6) is 0.135. The number of hydrogen-bond acceptors (Lipinski definition) is 2. The van der Waals surface area contributed by atoms with E-state index >= 15 is 0 Å². The van der Waals surface area contributed by atoms with E-state index in [9.17, 15) is 0 Å². The first-order valence-electron chi connectivity index (χ1n) is 5.48. The average Bonchev–Trinajstić information content (AvgIpc) is 2.29. The summed E-state index contributed by atoms with van der Waals surface area (Å²) in [4.78, 5) is 2.37. The molecule has 2 nitrogen and oxygen atoms in total. The molecular formula is C13H16N2. The molecule has 0 bridgehead atoms. The molecule has 0 spiro atoms. The van der Waals surface area contributed by atoms with Crippen LogP contribution in [0.15, 0.2) is 24.3 Å². The van der Waals surface area contributed by atoms with Crippen molar-refractivity contribution < 1.29 is 0 Å². The normalized spacial score (nSPS) is 17.9. The van der Waals surface area contributed by atoms with Gasteiger partial charge in [-0.1, -0.05) is 24.3 Å². The van der Waals surface area contributed by atoms with Crippen molar-refractivity contribution in [3.8, 4) is 6.07 Å². The van der Waals surface area contributed by atoms with Gasteiger partial charge in [-0.05, 0) is 24.5 Å². The topological polar surface area (TPSA) is 27.0 Å². The van der Waals surface area contributed by atoms with Crippen molar-refractivity contribution in [2.75, 3.05) is 13.1 Å². The molecule has 1 heterocycles. The van der Waals surface area contributed by atoms with E-state index in [0.29, 0.717) is 0 Å². The van der Waals surface area contributed by atoms with Crippen LogP contribution in [0.2, 0.25) is 0 Å². The van der Waals surface area contributed by atoms with E-state index < -0.39 is 0 Å². The van der Waals surface area contributed by atoms with E-state index in [-0.39, 0.29) is 5.92 Å². The second-order valence-electron chi connectivity index (χ2n) is 4.28. The van der Waals surface area contributed by atoms with Crippen LogP contribution >= 0.6 is 0 Å².